The van der Waals surface area contributed by atoms with Crippen molar-refractivity contribution in [1.82, 2.24) is 4.31 Å². The van der Waals surface area contributed by atoms with E-state index in [1.807, 2.05) is 30.3 Å². The number of methoxy groups -OCH3 is 1. The van der Waals surface area contributed by atoms with Crippen molar-refractivity contribution in [2.75, 3.05) is 25.5 Å². The molecule has 0 unspecified atom stereocenters. The highest BCUT2D eigenvalue weighted by Crippen LogP contribution is 2.35. The van der Waals surface area contributed by atoms with Crippen molar-refractivity contribution in [3.05, 3.63) is 71.1 Å². The average Bonchev–Trinajstić information content (AvgIpc) is 3.08. The first kappa shape index (κ1) is 24.1. The molecule has 1 fully saturated rings. The molecule has 2 heterocycles. The summed E-state index contributed by atoms with van der Waals surface area (Å²) in [5.74, 6) is -0.984. The van der Waals surface area contributed by atoms with Crippen LogP contribution in [0.4, 0.5) is 5.69 Å². The van der Waals surface area contributed by atoms with Crippen LogP contribution in [0.3, 0.4) is 0 Å². The molecule has 1 N–H and O–H groups in total. The highest BCUT2D eigenvalue weighted by atomic mass is 32.2. The van der Waals surface area contributed by atoms with Crippen molar-refractivity contribution < 1.29 is 22.7 Å². The summed E-state index contributed by atoms with van der Waals surface area (Å²) < 4.78 is 32.4. The largest absolute Gasteiger partial charge is 0.465 e. The highest BCUT2D eigenvalue weighted by Gasteiger charge is 2.25. The Balaban J connectivity index is 1.55. The topological polar surface area (TPSA) is 92.8 Å². The Morgan fingerprint density at radius 2 is 1.59 bits per heavy atom. The first-order valence-electron chi connectivity index (χ1n) is 11.1. The normalized spacial score (nSPS) is 14.9. The number of sulfonamides is 1. The number of amides is 1. The van der Waals surface area contributed by atoms with Crippen LogP contribution < -0.4 is 5.32 Å². The van der Waals surface area contributed by atoms with Gasteiger partial charge in [-0.1, -0.05) is 43.2 Å². The average molecular weight is 499 g/mol. The molecule has 0 aliphatic carbocycles. The smallest absolute Gasteiger partial charge is 0.350 e. The molecular weight excluding hydrogens is 472 g/mol. The first-order chi connectivity index (χ1) is 16.4. The van der Waals surface area contributed by atoms with Gasteiger partial charge in [0.15, 0.2) is 0 Å². The quantitative estimate of drug-likeness (QED) is 0.482. The minimum atomic E-state index is -3.59. The maximum atomic E-state index is 13.0. The van der Waals surface area contributed by atoms with Gasteiger partial charge in [0.1, 0.15) is 4.88 Å². The molecule has 1 saturated heterocycles. The van der Waals surface area contributed by atoms with Crippen LogP contribution >= 0.6 is 11.3 Å². The third-order valence-electron chi connectivity index (χ3n) is 5.73. The molecule has 2 aromatic carbocycles. The third-order valence-corrected chi connectivity index (χ3v) is 8.81. The van der Waals surface area contributed by atoms with Crippen LogP contribution in [0.2, 0.25) is 0 Å². The molecular formula is C25H26N2O5S2. The van der Waals surface area contributed by atoms with Gasteiger partial charge in [-0.25, -0.2) is 13.2 Å². The summed E-state index contributed by atoms with van der Waals surface area (Å²) in [6, 6.07) is 17.2. The highest BCUT2D eigenvalue weighted by molar-refractivity contribution is 7.89. The summed E-state index contributed by atoms with van der Waals surface area (Å²) in [7, 11) is -2.30. The van der Waals surface area contributed by atoms with Gasteiger partial charge in [-0.3, -0.25) is 4.79 Å². The number of thiophene rings is 1. The maximum Gasteiger partial charge on any atom is 0.350 e. The van der Waals surface area contributed by atoms with Crippen LogP contribution in [0.5, 0.6) is 0 Å². The number of benzene rings is 2. The lowest BCUT2D eigenvalue weighted by atomic mass is 10.2. The zero-order valence-electron chi connectivity index (χ0n) is 18.8. The minimum Gasteiger partial charge on any atom is -0.465 e. The van der Waals surface area contributed by atoms with E-state index in [-0.39, 0.29) is 15.3 Å². The Morgan fingerprint density at radius 1 is 0.941 bits per heavy atom. The van der Waals surface area contributed by atoms with Crippen molar-refractivity contribution in [3.63, 3.8) is 0 Å². The molecule has 178 valence electrons. The Kier molecular flexibility index (Phi) is 7.45. The fourth-order valence-electron chi connectivity index (χ4n) is 3.88. The van der Waals surface area contributed by atoms with Gasteiger partial charge in [0.2, 0.25) is 10.0 Å². The Morgan fingerprint density at radius 3 is 2.21 bits per heavy atom. The molecule has 3 aromatic rings. The lowest BCUT2D eigenvalue weighted by Crippen LogP contribution is -2.31. The summed E-state index contributed by atoms with van der Waals surface area (Å²) in [5, 5.41) is 2.77. The second-order valence-corrected chi connectivity index (χ2v) is 11.0. The van der Waals surface area contributed by atoms with E-state index < -0.39 is 21.9 Å². The predicted molar refractivity (Wildman–Crippen MR) is 133 cm³/mol. The van der Waals surface area contributed by atoms with Crippen LogP contribution in [-0.2, 0) is 14.8 Å². The molecule has 34 heavy (non-hydrogen) atoms. The fourth-order valence-corrected chi connectivity index (χ4v) is 6.43. The number of carbonyl (C=O) groups excluding carboxylic acids is 2. The molecule has 0 saturated carbocycles. The predicted octanol–water partition coefficient (Wildman–Crippen LogP) is 5.02. The van der Waals surface area contributed by atoms with Gasteiger partial charge < -0.3 is 10.1 Å². The zero-order valence-corrected chi connectivity index (χ0v) is 20.5. The Labute approximate surface area is 203 Å². The molecule has 1 aromatic heterocycles. The van der Waals surface area contributed by atoms with Gasteiger partial charge in [0.25, 0.3) is 5.91 Å². The summed E-state index contributed by atoms with van der Waals surface area (Å²) in [4.78, 5) is 26.5. The van der Waals surface area contributed by atoms with E-state index in [1.165, 1.54) is 47.0 Å². The van der Waals surface area contributed by atoms with Crippen LogP contribution in [0.1, 0.15) is 45.7 Å². The number of hydrogen-bond acceptors (Lipinski definition) is 6. The van der Waals surface area contributed by atoms with Gasteiger partial charge in [-0.15, -0.1) is 11.3 Å². The van der Waals surface area contributed by atoms with Gasteiger partial charge in [-0.05, 0) is 48.7 Å². The zero-order chi connectivity index (χ0) is 24.1. The Bertz CT molecular complexity index is 1260. The Hall–Kier alpha value is -3.01. The van der Waals surface area contributed by atoms with Crippen LogP contribution in [0, 0.1) is 0 Å². The minimum absolute atomic E-state index is 0.170. The second-order valence-electron chi connectivity index (χ2n) is 8.01. The molecule has 7 nitrogen and oxygen atoms in total. The fraction of sp³-hybridized carbons (Fsp3) is 0.280. The van der Waals surface area contributed by atoms with Crippen molar-refractivity contribution in [2.24, 2.45) is 0 Å². The van der Waals surface area contributed by atoms with Crippen LogP contribution in [0.25, 0.3) is 10.4 Å². The number of carbonyl (C=O) groups is 2. The molecule has 0 atom stereocenters. The molecule has 0 radical (unpaired) electrons. The van der Waals surface area contributed by atoms with E-state index in [0.717, 1.165) is 36.1 Å². The number of nitrogens with zero attached hydrogens (tertiary/aromatic N) is 1. The molecule has 1 aliphatic heterocycles. The second kappa shape index (κ2) is 10.5. The summed E-state index contributed by atoms with van der Waals surface area (Å²) >= 11 is 1.23. The van der Waals surface area contributed by atoms with Crippen molar-refractivity contribution in [2.45, 2.75) is 30.6 Å². The molecule has 0 spiro atoms. The van der Waals surface area contributed by atoms with Gasteiger partial charge >= 0.3 is 5.97 Å². The summed E-state index contributed by atoms with van der Waals surface area (Å²) in [5.41, 5.74) is 1.56. The third kappa shape index (κ3) is 5.22. The lowest BCUT2D eigenvalue weighted by molar-refractivity contribution is 0.0607. The first-order valence-corrected chi connectivity index (χ1v) is 13.3. The summed E-state index contributed by atoms with van der Waals surface area (Å²) in [6.07, 6.45) is 3.78. The van der Waals surface area contributed by atoms with E-state index in [2.05, 4.69) is 5.32 Å². The molecule has 0 bridgehead atoms. The molecule has 4 rings (SSSR count). The SMILES string of the molecule is COC(=O)c1sc(-c2ccccc2)cc1NC(=O)c1ccc(S(=O)(=O)N2CCCCCC2)cc1. The maximum absolute atomic E-state index is 13.0. The van der Waals surface area contributed by atoms with Gasteiger partial charge in [0, 0.05) is 23.5 Å². The van der Waals surface area contributed by atoms with E-state index >= 15 is 0 Å². The van der Waals surface area contributed by atoms with Crippen molar-refractivity contribution in [3.8, 4) is 10.4 Å². The van der Waals surface area contributed by atoms with E-state index in [4.69, 9.17) is 4.74 Å². The summed E-state index contributed by atoms with van der Waals surface area (Å²) in [6.45, 7) is 1.03. The van der Waals surface area contributed by atoms with Crippen LogP contribution in [0.15, 0.2) is 65.6 Å². The monoisotopic (exact) mass is 498 g/mol. The number of hydrogen-bond donors (Lipinski definition) is 1. The van der Waals surface area contributed by atoms with Gasteiger partial charge in [0.05, 0.1) is 17.7 Å². The molecule has 1 aliphatic rings. The lowest BCUT2D eigenvalue weighted by Gasteiger charge is -2.20. The molecule has 1 amide bonds. The van der Waals surface area contributed by atoms with E-state index in [0.29, 0.717) is 18.8 Å². The number of nitrogens with one attached hydrogen (secondary N) is 1. The van der Waals surface area contributed by atoms with Crippen molar-refractivity contribution in [1.29, 1.82) is 0 Å². The number of ether oxygens (including phenoxy) is 1. The van der Waals surface area contributed by atoms with E-state index in [1.54, 1.807) is 6.07 Å². The number of rotatable bonds is 6. The van der Waals surface area contributed by atoms with E-state index in [9.17, 15) is 18.0 Å². The van der Waals surface area contributed by atoms with Crippen molar-refractivity contribution >= 4 is 38.9 Å². The standard InChI is InChI=1S/C25H26N2O5S2/c1-32-25(29)23-21(17-22(33-23)18-9-5-4-6-10-18)26-24(28)19-11-13-20(14-12-19)34(30,31)27-15-7-2-3-8-16-27/h4-6,9-14,17H,2-3,7-8,15-16H2,1H3,(H,26,28). The number of anilines is 1. The van der Waals surface area contributed by atoms with Crippen LogP contribution in [-0.4, -0.2) is 44.8 Å². The molecule has 9 heteroatoms. The number of esters is 1. The van der Waals surface area contributed by atoms with Gasteiger partial charge in [-0.2, -0.15) is 4.31 Å².